The molecule has 0 bridgehead atoms. The predicted octanol–water partition coefficient (Wildman–Crippen LogP) is 3.59. The minimum Gasteiger partial charge on any atom is -0.478 e. The first-order valence-corrected chi connectivity index (χ1v) is 9.75. The first-order valence-electron chi connectivity index (χ1n) is 8.87. The standard InChI is InChI=1S/C20H16N4O6S/c1-2-9-30-24(13-25,18-12-31-19(22-18)14-5-7-21-8-6-14)11-16-4-3-15(20(26)27)10-17(16)23(28)29/h2-8,10,12-13H,1,9,11H2/p+1. The quantitative estimate of drug-likeness (QED) is 0.166. The lowest BCUT2D eigenvalue weighted by molar-refractivity contribution is -0.386. The SMILES string of the molecule is C=CCO[N+](C=O)(Cc1ccc(C(=O)O)cc1[N+](=O)[O-])c1csc(-c2ccncc2)n1. The van der Waals surface area contributed by atoms with Crippen LogP contribution in [0.4, 0.5) is 11.5 Å². The highest BCUT2D eigenvalue weighted by Gasteiger charge is 2.39. The monoisotopic (exact) mass is 441 g/mol. The number of benzene rings is 1. The van der Waals surface area contributed by atoms with Crippen molar-refractivity contribution in [2.45, 2.75) is 6.54 Å². The number of aromatic nitrogens is 2. The Bertz CT molecular complexity index is 1130. The van der Waals surface area contributed by atoms with Crippen molar-refractivity contribution < 1.29 is 24.5 Å². The zero-order valence-corrected chi connectivity index (χ0v) is 16.9. The van der Waals surface area contributed by atoms with Gasteiger partial charge >= 0.3 is 12.4 Å². The molecule has 0 radical (unpaired) electrons. The van der Waals surface area contributed by atoms with Crippen molar-refractivity contribution >= 4 is 35.2 Å². The number of nitrogens with zero attached hydrogens (tertiary/aromatic N) is 4. The molecule has 0 saturated carbocycles. The summed E-state index contributed by atoms with van der Waals surface area (Å²) in [5, 5.41) is 22.9. The molecule has 10 nitrogen and oxygen atoms in total. The molecule has 31 heavy (non-hydrogen) atoms. The number of nitro groups is 1. The third kappa shape index (κ3) is 4.69. The molecule has 1 N–H and O–H groups in total. The maximum Gasteiger partial charge on any atom is 0.340 e. The van der Waals surface area contributed by atoms with Crippen LogP contribution in [0.25, 0.3) is 10.6 Å². The van der Waals surface area contributed by atoms with Crippen molar-refractivity contribution in [3.8, 4) is 10.6 Å². The van der Waals surface area contributed by atoms with Gasteiger partial charge in [-0.05, 0) is 24.3 Å². The summed E-state index contributed by atoms with van der Waals surface area (Å²) in [6.45, 7) is 3.28. The Morgan fingerprint density at radius 2 is 2.06 bits per heavy atom. The molecule has 2 heterocycles. The number of hydrogen-bond donors (Lipinski definition) is 1. The Morgan fingerprint density at radius 1 is 1.32 bits per heavy atom. The van der Waals surface area contributed by atoms with Gasteiger partial charge in [-0.3, -0.25) is 15.1 Å². The van der Waals surface area contributed by atoms with Crippen LogP contribution in [-0.2, 0) is 16.2 Å². The zero-order valence-electron chi connectivity index (χ0n) is 16.1. The van der Waals surface area contributed by atoms with Crippen molar-refractivity contribution in [1.82, 2.24) is 14.6 Å². The molecule has 0 saturated heterocycles. The Kier molecular flexibility index (Phi) is 6.60. The van der Waals surface area contributed by atoms with Crippen LogP contribution in [0.1, 0.15) is 15.9 Å². The average molecular weight is 441 g/mol. The number of pyridine rings is 1. The van der Waals surface area contributed by atoms with Crippen LogP contribution in [-0.4, -0.2) is 39.0 Å². The fraction of sp³-hybridized carbons (Fsp3) is 0.100. The number of carboxylic acid groups (broad SMARTS) is 1. The van der Waals surface area contributed by atoms with E-state index >= 15 is 0 Å². The molecule has 0 aliphatic carbocycles. The largest absolute Gasteiger partial charge is 0.478 e. The van der Waals surface area contributed by atoms with E-state index in [-0.39, 0.29) is 30.1 Å². The molecule has 1 aromatic carbocycles. The molecule has 158 valence electrons. The van der Waals surface area contributed by atoms with Gasteiger partial charge in [0.05, 0.1) is 21.4 Å². The number of hydrogen-bond acceptors (Lipinski definition) is 8. The average Bonchev–Trinajstić information content (AvgIpc) is 3.28. The lowest BCUT2D eigenvalue weighted by Gasteiger charge is -2.25. The molecule has 3 rings (SSSR count). The molecule has 1 atom stereocenters. The minimum absolute atomic E-state index is 0.0259. The second-order valence-electron chi connectivity index (χ2n) is 6.30. The smallest absolute Gasteiger partial charge is 0.340 e. The van der Waals surface area contributed by atoms with E-state index in [1.807, 2.05) is 0 Å². The lowest BCUT2D eigenvalue weighted by atomic mass is 10.1. The molecule has 0 spiro atoms. The summed E-state index contributed by atoms with van der Waals surface area (Å²) in [6, 6.07) is 7.01. The van der Waals surface area contributed by atoms with Crippen LogP contribution in [0.2, 0.25) is 0 Å². The van der Waals surface area contributed by atoms with Crippen LogP contribution in [0.3, 0.4) is 0 Å². The van der Waals surface area contributed by atoms with Gasteiger partial charge in [0.1, 0.15) is 11.6 Å². The summed E-state index contributed by atoms with van der Waals surface area (Å²) in [7, 11) is 0. The number of nitro benzene ring substituents is 1. The van der Waals surface area contributed by atoms with Crippen molar-refractivity contribution in [2.24, 2.45) is 0 Å². The van der Waals surface area contributed by atoms with Gasteiger partial charge in [0.15, 0.2) is 6.54 Å². The highest BCUT2D eigenvalue weighted by Crippen LogP contribution is 2.34. The summed E-state index contributed by atoms with van der Waals surface area (Å²) in [5.74, 6) is -1.07. The summed E-state index contributed by atoms with van der Waals surface area (Å²) in [6.07, 6.45) is 5.15. The fourth-order valence-electron chi connectivity index (χ4n) is 2.82. The maximum atomic E-state index is 12.2. The van der Waals surface area contributed by atoms with E-state index in [1.165, 1.54) is 29.5 Å². The van der Waals surface area contributed by atoms with E-state index < -0.39 is 21.2 Å². The number of carbonyl (C=O) groups is 2. The van der Waals surface area contributed by atoms with Gasteiger partial charge in [0.25, 0.3) is 11.5 Å². The van der Waals surface area contributed by atoms with E-state index in [2.05, 4.69) is 16.5 Å². The molecule has 2 aromatic heterocycles. The van der Waals surface area contributed by atoms with Crippen molar-refractivity contribution in [2.75, 3.05) is 6.61 Å². The van der Waals surface area contributed by atoms with Gasteiger partial charge < -0.3 is 5.11 Å². The van der Waals surface area contributed by atoms with E-state index in [1.54, 1.807) is 29.9 Å². The highest BCUT2D eigenvalue weighted by molar-refractivity contribution is 7.13. The Hall–Kier alpha value is -3.80. The topological polar surface area (TPSA) is 133 Å². The first kappa shape index (κ1) is 21.9. The van der Waals surface area contributed by atoms with Gasteiger partial charge in [-0.1, -0.05) is 10.7 Å². The highest BCUT2D eigenvalue weighted by atomic mass is 32.1. The minimum atomic E-state index is -1.30. The molecular weight excluding hydrogens is 424 g/mol. The Morgan fingerprint density at radius 3 is 2.68 bits per heavy atom. The van der Waals surface area contributed by atoms with Gasteiger partial charge in [-0.25, -0.2) is 9.59 Å². The first-order chi connectivity index (χ1) is 14.9. The van der Waals surface area contributed by atoms with Crippen molar-refractivity contribution in [1.29, 1.82) is 0 Å². The molecular formula is C20H17N4O6S+. The number of carboxylic acids is 1. The predicted molar refractivity (Wildman–Crippen MR) is 113 cm³/mol. The zero-order chi connectivity index (χ0) is 22.4. The summed E-state index contributed by atoms with van der Waals surface area (Å²) >= 11 is 1.27. The molecule has 0 fully saturated rings. The summed E-state index contributed by atoms with van der Waals surface area (Å²) in [5.41, 5.74) is 0.233. The van der Waals surface area contributed by atoms with Gasteiger partial charge in [-0.2, -0.15) is 9.82 Å². The summed E-state index contributed by atoms with van der Waals surface area (Å²) in [4.78, 5) is 48.5. The van der Waals surface area contributed by atoms with E-state index in [4.69, 9.17) is 9.94 Å². The number of carbonyl (C=O) groups excluding carboxylic acids is 1. The number of thiazole rings is 1. The number of hydroxylamine groups is 2. The van der Waals surface area contributed by atoms with Crippen molar-refractivity contribution in [3.63, 3.8) is 0 Å². The van der Waals surface area contributed by atoms with E-state index in [0.29, 0.717) is 11.4 Å². The Balaban J connectivity index is 2.07. The van der Waals surface area contributed by atoms with E-state index in [9.17, 15) is 19.7 Å². The van der Waals surface area contributed by atoms with Gasteiger partial charge in [-0.15, -0.1) is 17.9 Å². The number of amides is 1. The number of aromatic carboxylic acids is 1. The maximum absolute atomic E-state index is 12.2. The third-order valence-corrected chi connectivity index (χ3v) is 5.21. The van der Waals surface area contributed by atoms with Crippen LogP contribution >= 0.6 is 11.3 Å². The Labute approximate surface area is 180 Å². The number of rotatable bonds is 10. The molecule has 11 heteroatoms. The second kappa shape index (κ2) is 9.34. The van der Waals surface area contributed by atoms with Crippen LogP contribution in [0.15, 0.2) is 60.8 Å². The van der Waals surface area contributed by atoms with Crippen LogP contribution in [0, 0.1) is 10.1 Å². The van der Waals surface area contributed by atoms with Gasteiger partial charge in [0.2, 0.25) is 0 Å². The third-order valence-electron chi connectivity index (χ3n) is 4.33. The van der Waals surface area contributed by atoms with Crippen LogP contribution < -0.4 is 4.65 Å². The molecule has 3 aromatic rings. The number of quaternary nitrogens is 1. The molecule has 1 unspecified atom stereocenters. The molecule has 1 amide bonds. The van der Waals surface area contributed by atoms with Crippen molar-refractivity contribution in [3.05, 3.63) is 82.0 Å². The normalized spacial score (nSPS) is 12.6. The summed E-state index contributed by atoms with van der Waals surface area (Å²) < 4.78 is -0.791. The lowest BCUT2D eigenvalue weighted by Crippen LogP contribution is -2.47. The fourth-order valence-corrected chi connectivity index (χ4v) is 3.69. The van der Waals surface area contributed by atoms with Crippen LogP contribution in [0.5, 0.6) is 0 Å². The molecule has 0 aliphatic rings. The van der Waals surface area contributed by atoms with Gasteiger partial charge in [0, 0.05) is 24.0 Å². The molecule has 0 aliphatic heterocycles. The second-order valence-corrected chi connectivity index (χ2v) is 7.15. The van der Waals surface area contributed by atoms with E-state index in [0.717, 1.165) is 11.6 Å².